The fraction of sp³-hybridized carbons (Fsp3) is 0.167. The van der Waals surface area contributed by atoms with Gasteiger partial charge in [-0.25, -0.2) is 0 Å². The van der Waals surface area contributed by atoms with Crippen molar-refractivity contribution in [1.29, 1.82) is 0 Å². The molecule has 1 aliphatic rings. The molecule has 0 amide bonds. The molecular formula is C24H28N4. The summed E-state index contributed by atoms with van der Waals surface area (Å²) in [5.74, 6) is 0. The van der Waals surface area contributed by atoms with E-state index in [1.165, 1.54) is 0 Å². The number of nitrogens with one attached hydrogen (secondary N) is 2. The maximum Gasteiger partial charge on any atom is 0.0676 e. The number of nitrogens with zero attached hydrogens (tertiary/aromatic N) is 2. The normalized spacial score (nSPS) is 13.1. The molecule has 0 fully saturated rings. The zero-order chi connectivity index (χ0) is 20.4. The van der Waals surface area contributed by atoms with Crippen molar-refractivity contribution < 1.29 is 0 Å². The number of aromatic nitrogens is 2. The van der Waals surface area contributed by atoms with Crippen LogP contribution in [-0.2, 0) is 0 Å². The maximum atomic E-state index is 4.50. The van der Waals surface area contributed by atoms with Gasteiger partial charge >= 0.3 is 0 Å². The minimum atomic E-state index is 0.742. The van der Waals surface area contributed by atoms with Crippen LogP contribution in [0.2, 0.25) is 0 Å². The standard InChI is InChI=1S/C20H20N4.C4H8/c1-4-7-18-15(5-2)8-6-9-19(18)24-14(3)20-10-16(11-21-20)17-12-22-23-13-17;1-3-4-2/h4-9,11-13,24H,2-3,10H2,1H3,(H,22,23);3-4H,1-2H3/b7-4-;4-3-. The molecule has 144 valence electrons. The van der Waals surface area contributed by atoms with Crippen molar-refractivity contribution in [2.45, 2.75) is 27.2 Å². The molecule has 4 heteroatoms. The predicted octanol–water partition coefficient (Wildman–Crippen LogP) is 6.48. The summed E-state index contributed by atoms with van der Waals surface area (Å²) in [5.41, 5.74) is 7.10. The average molecular weight is 373 g/mol. The molecule has 0 unspecified atom stereocenters. The number of rotatable bonds is 6. The maximum absolute atomic E-state index is 4.50. The Morgan fingerprint density at radius 2 is 1.96 bits per heavy atom. The van der Waals surface area contributed by atoms with Crippen molar-refractivity contribution in [2.24, 2.45) is 4.99 Å². The van der Waals surface area contributed by atoms with E-state index in [0.29, 0.717) is 0 Å². The van der Waals surface area contributed by atoms with Crippen LogP contribution in [0.5, 0.6) is 0 Å². The first-order chi connectivity index (χ1) is 13.6. The second kappa shape index (κ2) is 10.7. The quantitative estimate of drug-likeness (QED) is 0.570. The van der Waals surface area contributed by atoms with Gasteiger partial charge in [0, 0.05) is 35.6 Å². The minimum absolute atomic E-state index is 0.742. The van der Waals surface area contributed by atoms with Gasteiger partial charge in [0.05, 0.1) is 17.6 Å². The van der Waals surface area contributed by atoms with Gasteiger partial charge in [0.2, 0.25) is 0 Å². The first-order valence-electron chi connectivity index (χ1n) is 9.31. The molecule has 1 aromatic carbocycles. The van der Waals surface area contributed by atoms with E-state index in [1.807, 2.05) is 75.7 Å². The van der Waals surface area contributed by atoms with Crippen LogP contribution in [0.1, 0.15) is 43.9 Å². The van der Waals surface area contributed by atoms with Crippen LogP contribution >= 0.6 is 0 Å². The molecule has 0 aliphatic carbocycles. The number of H-pyrrole nitrogens is 1. The lowest BCUT2D eigenvalue weighted by Gasteiger charge is -2.14. The van der Waals surface area contributed by atoms with Crippen molar-refractivity contribution in [3.8, 4) is 0 Å². The highest BCUT2D eigenvalue weighted by atomic mass is 15.1. The highest BCUT2D eigenvalue weighted by molar-refractivity contribution is 6.10. The Labute approximate surface area is 167 Å². The van der Waals surface area contributed by atoms with Crippen LogP contribution in [0.15, 0.2) is 78.9 Å². The Kier molecular flexibility index (Phi) is 7.97. The van der Waals surface area contributed by atoms with Crippen LogP contribution in [-0.4, -0.2) is 15.9 Å². The Hall–Kier alpha value is -3.40. The lowest BCUT2D eigenvalue weighted by Crippen LogP contribution is -2.10. The lowest BCUT2D eigenvalue weighted by atomic mass is 10.0. The number of benzene rings is 1. The highest BCUT2D eigenvalue weighted by Gasteiger charge is 2.16. The van der Waals surface area contributed by atoms with E-state index in [-0.39, 0.29) is 0 Å². The molecule has 4 nitrogen and oxygen atoms in total. The fourth-order valence-electron chi connectivity index (χ4n) is 2.67. The third-order valence-corrected chi connectivity index (χ3v) is 4.26. The van der Waals surface area contributed by atoms with E-state index in [1.54, 1.807) is 6.20 Å². The fourth-order valence-corrected chi connectivity index (χ4v) is 2.67. The Bertz CT molecular complexity index is 922. The summed E-state index contributed by atoms with van der Waals surface area (Å²) in [6, 6.07) is 6.08. The highest BCUT2D eigenvalue weighted by Crippen LogP contribution is 2.28. The Morgan fingerprint density at radius 3 is 2.57 bits per heavy atom. The molecule has 2 N–H and O–H groups in total. The van der Waals surface area contributed by atoms with Crippen LogP contribution in [0, 0.1) is 0 Å². The summed E-state index contributed by atoms with van der Waals surface area (Å²) in [7, 11) is 0. The molecule has 2 heterocycles. The third-order valence-electron chi connectivity index (χ3n) is 4.26. The molecule has 0 radical (unpaired) electrons. The number of hydrogen-bond donors (Lipinski definition) is 2. The van der Waals surface area contributed by atoms with Gasteiger partial charge < -0.3 is 5.32 Å². The van der Waals surface area contributed by atoms with E-state index in [2.05, 4.69) is 39.7 Å². The van der Waals surface area contributed by atoms with Crippen molar-refractivity contribution in [3.63, 3.8) is 0 Å². The summed E-state index contributed by atoms with van der Waals surface area (Å²) >= 11 is 0. The summed E-state index contributed by atoms with van der Waals surface area (Å²) in [6.07, 6.45) is 16.2. The van der Waals surface area contributed by atoms with E-state index in [9.17, 15) is 0 Å². The zero-order valence-corrected chi connectivity index (χ0v) is 16.9. The number of anilines is 1. The number of hydrogen-bond acceptors (Lipinski definition) is 3. The molecule has 2 aromatic rings. The Morgan fingerprint density at radius 1 is 1.18 bits per heavy atom. The second-order valence-corrected chi connectivity index (χ2v) is 6.18. The van der Waals surface area contributed by atoms with Gasteiger partial charge in [-0.2, -0.15) is 5.10 Å². The predicted molar refractivity (Wildman–Crippen MR) is 123 cm³/mol. The Balaban J connectivity index is 0.000000640. The smallest absolute Gasteiger partial charge is 0.0676 e. The van der Waals surface area contributed by atoms with E-state index in [0.717, 1.165) is 45.8 Å². The summed E-state index contributed by atoms with van der Waals surface area (Å²) in [6.45, 7) is 14.0. The van der Waals surface area contributed by atoms with Crippen molar-refractivity contribution in [2.75, 3.05) is 5.32 Å². The van der Waals surface area contributed by atoms with Gasteiger partial charge in [-0.05, 0) is 38.0 Å². The van der Waals surface area contributed by atoms with Crippen molar-refractivity contribution >= 4 is 29.1 Å². The summed E-state index contributed by atoms with van der Waals surface area (Å²) < 4.78 is 0. The minimum Gasteiger partial charge on any atom is -0.354 e. The molecule has 1 aromatic heterocycles. The monoisotopic (exact) mass is 372 g/mol. The second-order valence-electron chi connectivity index (χ2n) is 6.18. The molecule has 0 spiro atoms. The molecule has 0 saturated carbocycles. The molecule has 0 bridgehead atoms. The zero-order valence-electron chi connectivity index (χ0n) is 16.9. The third kappa shape index (κ3) is 5.30. The molecule has 0 atom stereocenters. The average Bonchev–Trinajstić information content (AvgIpc) is 3.41. The van der Waals surface area contributed by atoms with Crippen LogP contribution in [0.3, 0.4) is 0 Å². The number of allylic oxidation sites excluding steroid dienone is 5. The van der Waals surface area contributed by atoms with E-state index >= 15 is 0 Å². The van der Waals surface area contributed by atoms with Gasteiger partial charge in [-0.1, -0.05) is 55.7 Å². The molecule has 1 aliphatic heterocycles. The van der Waals surface area contributed by atoms with E-state index < -0.39 is 0 Å². The van der Waals surface area contributed by atoms with E-state index in [4.69, 9.17) is 0 Å². The van der Waals surface area contributed by atoms with Gasteiger partial charge in [-0.15, -0.1) is 0 Å². The summed E-state index contributed by atoms with van der Waals surface area (Å²) in [5, 5.41) is 10.2. The number of aliphatic imine (C=N–C) groups is 1. The molecule has 28 heavy (non-hydrogen) atoms. The summed E-state index contributed by atoms with van der Waals surface area (Å²) in [4.78, 5) is 4.50. The van der Waals surface area contributed by atoms with Crippen LogP contribution in [0.25, 0.3) is 17.7 Å². The van der Waals surface area contributed by atoms with Crippen LogP contribution in [0.4, 0.5) is 5.69 Å². The first kappa shape index (κ1) is 20.9. The van der Waals surface area contributed by atoms with Gasteiger partial charge in [0.25, 0.3) is 0 Å². The molecule has 0 saturated heterocycles. The topological polar surface area (TPSA) is 53.1 Å². The van der Waals surface area contributed by atoms with Gasteiger partial charge in [-0.3, -0.25) is 10.1 Å². The van der Waals surface area contributed by atoms with Crippen molar-refractivity contribution in [3.05, 3.63) is 90.6 Å². The van der Waals surface area contributed by atoms with Gasteiger partial charge in [0.1, 0.15) is 0 Å². The molecular weight excluding hydrogens is 344 g/mol. The van der Waals surface area contributed by atoms with Crippen molar-refractivity contribution in [1.82, 2.24) is 10.2 Å². The largest absolute Gasteiger partial charge is 0.354 e. The van der Waals surface area contributed by atoms with Crippen LogP contribution < -0.4 is 5.32 Å². The molecule has 3 rings (SSSR count). The SMILES string of the molecule is C/C=C\C.C=Cc1cccc(NC(=C)C2=NC=C(c3cn[nH]c3)C2)c1/C=C\C. The van der Waals surface area contributed by atoms with Gasteiger partial charge in [0.15, 0.2) is 0 Å². The number of aromatic amines is 1. The lowest BCUT2D eigenvalue weighted by molar-refractivity contribution is 1.09. The first-order valence-corrected chi connectivity index (χ1v) is 9.31.